The molecule has 2 aromatic carbocycles. The number of hydrogen-bond donors (Lipinski definition) is 0. The normalized spacial score (nSPS) is 24.0. The quantitative estimate of drug-likeness (QED) is 0.779. The van der Waals surface area contributed by atoms with Crippen molar-refractivity contribution in [1.82, 2.24) is 0 Å². The standard InChI is InChI=1S/C20H24O4/c1-21-20-19(24-15-17-10-6-3-7-11-17)18(12-13-22-20)23-14-16-8-4-2-5-9-16/h2-11,18-20H,12-15H2,1H3/t18-,19-,20+/m0/s1. The maximum atomic E-state index is 6.12. The molecule has 1 heterocycles. The van der Waals surface area contributed by atoms with E-state index in [4.69, 9.17) is 18.9 Å². The Morgan fingerprint density at radius 1 is 0.875 bits per heavy atom. The van der Waals surface area contributed by atoms with Gasteiger partial charge in [-0.1, -0.05) is 60.7 Å². The molecule has 0 N–H and O–H groups in total. The highest BCUT2D eigenvalue weighted by Gasteiger charge is 2.36. The van der Waals surface area contributed by atoms with Crippen molar-refractivity contribution < 1.29 is 18.9 Å². The van der Waals surface area contributed by atoms with E-state index in [9.17, 15) is 0 Å². The Morgan fingerprint density at radius 2 is 1.46 bits per heavy atom. The van der Waals surface area contributed by atoms with Crippen LogP contribution in [0, 0.1) is 0 Å². The van der Waals surface area contributed by atoms with Crippen molar-refractivity contribution in [3.63, 3.8) is 0 Å². The summed E-state index contributed by atoms with van der Waals surface area (Å²) < 4.78 is 23.3. The van der Waals surface area contributed by atoms with Gasteiger partial charge in [0.25, 0.3) is 0 Å². The average molecular weight is 328 g/mol. The van der Waals surface area contributed by atoms with Gasteiger partial charge in [-0.05, 0) is 17.5 Å². The maximum Gasteiger partial charge on any atom is 0.185 e. The Labute approximate surface area is 143 Å². The Balaban J connectivity index is 1.61. The van der Waals surface area contributed by atoms with Crippen LogP contribution in [-0.4, -0.2) is 32.2 Å². The van der Waals surface area contributed by atoms with Crippen molar-refractivity contribution in [2.45, 2.75) is 38.1 Å². The number of ether oxygens (including phenoxy) is 4. The van der Waals surface area contributed by atoms with Crippen LogP contribution in [0.25, 0.3) is 0 Å². The SMILES string of the molecule is CO[C@@H]1OCC[C@H](OCc2ccccc2)[C@@H]1OCc1ccccc1. The molecule has 3 atom stereocenters. The summed E-state index contributed by atoms with van der Waals surface area (Å²) >= 11 is 0. The maximum absolute atomic E-state index is 6.12. The first kappa shape index (κ1) is 17.1. The fourth-order valence-corrected chi connectivity index (χ4v) is 2.85. The van der Waals surface area contributed by atoms with Crippen molar-refractivity contribution in [2.75, 3.05) is 13.7 Å². The van der Waals surface area contributed by atoms with Crippen LogP contribution in [0.15, 0.2) is 60.7 Å². The van der Waals surface area contributed by atoms with E-state index in [1.54, 1.807) is 7.11 Å². The van der Waals surface area contributed by atoms with E-state index < -0.39 is 6.29 Å². The van der Waals surface area contributed by atoms with Gasteiger partial charge in [-0.2, -0.15) is 0 Å². The predicted octanol–water partition coefficient (Wildman–Crippen LogP) is 3.55. The molecule has 4 nitrogen and oxygen atoms in total. The molecule has 1 aliphatic rings. The van der Waals surface area contributed by atoms with E-state index in [0.717, 1.165) is 17.5 Å². The molecule has 0 bridgehead atoms. The van der Waals surface area contributed by atoms with Crippen molar-refractivity contribution >= 4 is 0 Å². The number of hydrogen-bond acceptors (Lipinski definition) is 4. The van der Waals surface area contributed by atoms with Gasteiger partial charge in [-0.25, -0.2) is 0 Å². The summed E-state index contributed by atoms with van der Waals surface area (Å²) in [7, 11) is 1.64. The second kappa shape index (κ2) is 8.94. The van der Waals surface area contributed by atoms with E-state index in [0.29, 0.717) is 19.8 Å². The molecule has 4 heteroatoms. The largest absolute Gasteiger partial charge is 0.371 e. The molecule has 2 aromatic rings. The molecule has 0 aromatic heterocycles. The first-order valence-corrected chi connectivity index (χ1v) is 8.32. The number of benzene rings is 2. The third-order valence-electron chi connectivity index (χ3n) is 4.14. The molecule has 1 saturated heterocycles. The molecule has 1 fully saturated rings. The van der Waals surface area contributed by atoms with Crippen LogP contribution >= 0.6 is 0 Å². The Kier molecular flexibility index (Phi) is 6.38. The topological polar surface area (TPSA) is 36.9 Å². The first-order chi connectivity index (χ1) is 11.9. The van der Waals surface area contributed by atoms with Crippen molar-refractivity contribution in [1.29, 1.82) is 0 Å². The van der Waals surface area contributed by atoms with Gasteiger partial charge >= 0.3 is 0 Å². The number of rotatable bonds is 7. The average Bonchev–Trinajstić information content (AvgIpc) is 2.66. The Morgan fingerprint density at radius 3 is 2.04 bits per heavy atom. The highest BCUT2D eigenvalue weighted by molar-refractivity contribution is 5.14. The minimum Gasteiger partial charge on any atom is -0.371 e. The molecule has 0 saturated carbocycles. The van der Waals surface area contributed by atoms with Crippen LogP contribution < -0.4 is 0 Å². The van der Waals surface area contributed by atoms with Crippen molar-refractivity contribution in [2.24, 2.45) is 0 Å². The third kappa shape index (κ3) is 4.65. The Hall–Kier alpha value is -1.72. The van der Waals surface area contributed by atoms with Gasteiger partial charge in [0.05, 0.1) is 25.9 Å². The van der Waals surface area contributed by atoms with Crippen molar-refractivity contribution in [3.05, 3.63) is 71.8 Å². The molecule has 128 valence electrons. The molecule has 0 spiro atoms. The van der Waals surface area contributed by atoms with Gasteiger partial charge in [0.1, 0.15) is 6.10 Å². The molecule has 3 rings (SSSR count). The van der Waals surface area contributed by atoms with E-state index in [-0.39, 0.29) is 12.2 Å². The second-order valence-corrected chi connectivity index (χ2v) is 5.86. The smallest absolute Gasteiger partial charge is 0.185 e. The lowest BCUT2D eigenvalue weighted by Gasteiger charge is -2.36. The molecule has 24 heavy (non-hydrogen) atoms. The fraction of sp³-hybridized carbons (Fsp3) is 0.400. The van der Waals surface area contributed by atoms with Crippen LogP contribution in [0.4, 0.5) is 0 Å². The zero-order valence-electron chi connectivity index (χ0n) is 14.0. The molecular formula is C20H24O4. The molecule has 0 amide bonds. The Bertz CT molecular complexity index is 587. The fourth-order valence-electron chi connectivity index (χ4n) is 2.85. The lowest BCUT2D eigenvalue weighted by Crippen LogP contribution is -2.48. The van der Waals surface area contributed by atoms with E-state index in [1.807, 2.05) is 48.5 Å². The lowest BCUT2D eigenvalue weighted by molar-refractivity contribution is -0.258. The highest BCUT2D eigenvalue weighted by atomic mass is 16.7. The van der Waals surface area contributed by atoms with E-state index >= 15 is 0 Å². The van der Waals surface area contributed by atoms with Gasteiger partial charge in [-0.15, -0.1) is 0 Å². The van der Waals surface area contributed by atoms with Crippen LogP contribution in [-0.2, 0) is 32.2 Å². The van der Waals surface area contributed by atoms with Gasteiger partial charge in [0.15, 0.2) is 6.29 Å². The van der Waals surface area contributed by atoms with Gasteiger partial charge < -0.3 is 18.9 Å². The summed E-state index contributed by atoms with van der Waals surface area (Å²) in [6.45, 7) is 1.69. The van der Waals surface area contributed by atoms with Gasteiger partial charge in [0, 0.05) is 7.11 Å². The van der Waals surface area contributed by atoms with Gasteiger partial charge in [-0.3, -0.25) is 0 Å². The molecule has 0 radical (unpaired) electrons. The predicted molar refractivity (Wildman–Crippen MR) is 91.4 cm³/mol. The molecular weight excluding hydrogens is 304 g/mol. The molecule has 0 aliphatic carbocycles. The summed E-state index contributed by atoms with van der Waals surface area (Å²) in [6.07, 6.45) is 0.107. The zero-order chi connectivity index (χ0) is 16.6. The first-order valence-electron chi connectivity index (χ1n) is 8.32. The van der Waals surface area contributed by atoms with E-state index in [2.05, 4.69) is 12.1 Å². The minimum atomic E-state index is -0.400. The van der Waals surface area contributed by atoms with Crippen LogP contribution in [0.5, 0.6) is 0 Å². The highest BCUT2D eigenvalue weighted by Crippen LogP contribution is 2.23. The second-order valence-electron chi connectivity index (χ2n) is 5.86. The minimum absolute atomic E-state index is 0.0485. The van der Waals surface area contributed by atoms with Crippen LogP contribution in [0.1, 0.15) is 17.5 Å². The number of methoxy groups -OCH3 is 1. The van der Waals surface area contributed by atoms with Gasteiger partial charge in [0.2, 0.25) is 0 Å². The summed E-state index contributed by atoms with van der Waals surface area (Å²) in [5.41, 5.74) is 2.28. The summed E-state index contributed by atoms with van der Waals surface area (Å²) in [4.78, 5) is 0. The third-order valence-corrected chi connectivity index (χ3v) is 4.14. The summed E-state index contributed by atoms with van der Waals surface area (Å²) in [6, 6.07) is 20.3. The van der Waals surface area contributed by atoms with E-state index in [1.165, 1.54) is 0 Å². The summed E-state index contributed by atoms with van der Waals surface area (Å²) in [5, 5.41) is 0. The van der Waals surface area contributed by atoms with Crippen molar-refractivity contribution in [3.8, 4) is 0 Å². The summed E-state index contributed by atoms with van der Waals surface area (Å²) in [5.74, 6) is 0. The molecule has 0 unspecified atom stereocenters. The lowest BCUT2D eigenvalue weighted by atomic mass is 10.1. The van der Waals surface area contributed by atoms with Crippen LogP contribution in [0.3, 0.4) is 0 Å². The zero-order valence-corrected chi connectivity index (χ0v) is 14.0. The van der Waals surface area contributed by atoms with Crippen LogP contribution in [0.2, 0.25) is 0 Å². The monoisotopic (exact) mass is 328 g/mol. The molecule has 1 aliphatic heterocycles.